The van der Waals surface area contributed by atoms with E-state index in [9.17, 15) is 24.5 Å². The summed E-state index contributed by atoms with van der Waals surface area (Å²) in [5.74, 6) is -2.65. The van der Waals surface area contributed by atoms with Crippen LogP contribution in [0.4, 0.5) is 21.5 Å². The van der Waals surface area contributed by atoms with Crippen molar-refractivity contribution < 1.29 is 24.5 Å². The van der Waals surface area contributed by atoms with Gasteiger partial charge in [-0.1, -0.05) is 34.9 Å². The highest BCUT2D eigenvalue weighted by Gasteiger charge is 2.31. The predicted octanol–water partition coefficient (Wildman–Crippen LogP) is 7.07. The molecule has 35 heavy (non-hydrogen) atoms. The average molecular weight is 481 g/mol. The van der Waals surface area contributed by atoms with Crippen molar-refractivity contribution in [1.29, 1.82) is 0 Å². The minimum atomic E-state index is -0.891. The molecule has 0 aliphatic carbocycles. The zero-order valence-electron chi connectivity index (χ0n) is 20.7. The lowest BCUT2D eigenvalue weighted by Crippen LogP contribution is -2.30. The standard InChI is InChI=1S/C28H33FN2O4/c1-17(2)7-5-8-18(3)9-6-10-19(4)13-14-31-23-15-20(32)16-24(33)26(23)30-25-21(28(31)35)11-12-22(29)27(25)34/h7,9,11-13,15-16,30,32-34H,5-6,8,10,14H2,1-4H3/b18-9+,19-13+. The Hall–Kier alpha value is -3.74. The molecule has 7 heteroatoms. The van der Waals surface area contributed by atoms with Gasteiger partial charge in [0.05, 0.1) is 16.9 Å². The van der Waals surface area contributed by atoms with Gasteiger partial charge in [0.25, 0.3) is 5.91 Å². The van der Waals surface area contributed by atoms with Crippen molar-refractivity contribution in [2.24, 2.45) is 0 Å². The number of hydrogen-bond acceptors (Lipinski definition) is 5. The molecule has 186 valence electrons. The summed E-state index contributed by atoms with van der Waals surface area (Å²) in [4.78, 5) is 14.8. The molecule has 6 nitrogen and oxygen atoms in total. The van der Waals surface area contributed by atoms with Crippen LogP contribution in [0.1, 0.15) is 63.7 Å². The van der Waals surface area contributed by atoms with Gasteiger partial charge in [0.15, 0.2) is 11.6 Å². The van der Waals surface area contributed by atoms with Gasteiger partial charge in [-0.3, -0.25) is 4.79 Å². The highest BCUT2D eigenvalue weighted by atomic mass is 19.1. The van der Waals surface area contributed by atoms with E-state index >= 15 is 0 Å². The molecule has 0 bridgehead atoms. The second-order valence-electron chi connectivity index (χ2n) is 9.18. The molecule has 0 aromatic heterocycles. The van der Waals surface area contributed by atoms with Crippen molar-refractivity contribution in [3.8, 4) is 17.2 Å². The van der Waals surface area contributed by atoms with Crippen LogP contribution in [0.15, 0.2) is 59.2 Å². The normalized spacial score (nSPS) is 13.6. The van der Waals surface area contributed by atoms with Gasteiger partial charge in [-0.2, -0.15) is 0 Å². The van der Waals surface area contributed by atoms with E-state index in [1.165, 1.54) is 28.2 Å². The molecule has 0 fully saturated rings. The molecule has 0 saturated heterocycles. The van der Waals surface area contributed by atoms with E-state index in [-0.39, 0.29) is 40.7 Å². The number of amides is 1. The maximum Gasteiger partial charge on any atom is 0.260 e. The van der Waals surface area contributed by atoms with Gasteiger partial charge >= 0.3 is 0 Å². The first-order valence-electron chi connectivity index (χ1n) is 11.7. The molecular formula is C28H33FN2O4. The van der Waals surface area contributed by atoms with Crippen LogP contribution in [0.25, 0.3) is 0 Å². The number of benzene rings is 2. The smallest absolute Gasteiger partial charge is 0.260 e. The average Bonchev–Trinajstić information content (AvgIpc) is 2.89. The van der Waals surface area contributed by atoms with Crippen molar-refractivity contribution >= 4 is 23.0 Å². The maximum atomic E-state index is 14.0. The van der Waals surface area contributed by atoms with Crippen LogP contribution in [0.5, 0.6) is 17.2 Å². The summed E-state index contributed by atoms with van der Waals surface area (Å²) in [6, 6.07) is 4.77. The van der Waals surface area contributed by atoms with Crippen LogP contribution in [0.2, 0.25) is 0 Å². The molecule has 1 heterocycles. The molecule has 0 atom stereocenters. The Kier molecular flexibility index (Phi) is 8.22. The van der Waals surface area contributed by atoms with Crippen molar-refractivity contribution in [1.82, 2.24) is 0 Å². The number of nitrogens with one attached hydrogen (secondary N) is 1. The number of allylic oxidation sites excluding steroid dienone is 5. The SMILES string of the molecule is CC(C)=CCC/C(C)=C/CC/C(C)=C/CN1C(=O)c2ccc(F)c(O)c2Nc2c(O)cc(O)cc21. The number of phenolic OH excluding ortho intramolecular Hbond substituents is 3. The van der Waals surface area contributed by atoms with Gasteiger partial charge in [-0.05, 0) is 65.5 Å². The topological polar surface area (TPSA) is 93.0 Å². The van der Waals surface area contributed by atoms with Crippen LogP contribution in [-0.4, -0.2) is 27.8 Å². The van der Waals surface area contributed by atoms with Crippen LogP contribution in [0.3, 0.4) is 0 Å². The van der Waals surface area contributed by atoms with Crippen LogP contribution in [-0.2, 0) is 0 Å². The van der Waals surface area contributed by atoms with Gasteiger partial charge in [0.1, 0.15) is 17.2 Å². The summed E-state index contributed by atoms with van der Waals surface area (Å²) in [7, 11) is 0. The van der Waals surface area contributed by atoms with E-state index in [0.29, 0.717) is 0 Å². The van der Waals surface area contributed by atoms with Crippen LogP contribution >= 0.6 is 0 Å². The monoisotopic (exact) mass is 480 g/mol. The summed E-state index contributed by atoms with van der Waals surface area (Å²) in [5.41, 5.74) is 3.98. The zero-order valence-corrected chi connectivity index (χ0v) is 20.7. The molecule has 4 N–H and O–H groups in total. The summed E-state index contributed by atoms with van der Waals surface area (Å²) in [6.07, 6.45) is 10.1. The van der Waals surface area contributed by atoms with E-state index in [0.717, 1.165) is 43.4 Å². The second-order valence-corrected chi connectivity index (χ2v) is 9.18. The van der Waals surface area contributed by atoms with Crippen LogP contribution < -0.4 is 10.2 Å². The Balaban J connectivity index is 1.83. The predicted molar refractivity (Wildman–Crippen MR) is 138 cm³/mol. The quantitative estimate of drug-likeness (QED) is 0.184. The molecule has 0 saturated carbocycles. The number of carbonyl (C=O) groups excluding carboxylic acids is 1. The number of phenols is 3. The van der Waals surface area contributed by atoms with E-state index in [2.05, 4.69) is 38.2 Å². The van der Waals surface area contributed by atoms with Gasteiger partial charge < -0.3 is 25.5 Å². The summed E-state index contributed by atoms with van der Waals surface area (Å²) < 4.78 is 14.0. The fourth-order valence-corrected chi connectivity index (χ4v) is 3.96. The summed E-state index contributed by atoms with van der Waals surface area (Å²) >= 11 is 0. The molecule has 0 radical (unpaired) electrons. The lowest BCUT2D eigenvalue weighted by atomic mass is 10.1. The molecule has 2 aromatic carbocycles. The highest BCUT2D eigenvalue weighted by Crippen LogP contribution is 2.46. The molecule has 0 spiro atoms. The van der Waals surface area contributed by atoms with Gasteiger partial charge in [0, 0.05) is 18.7 Å². The van der Waals surface area contributed by atoms with Crippen LogP contribution in [0, 0.1) is 5.82 Å². The van der Waals surface area contributed by atoms with E-state index in [1.807, 2.05) is 13.0 Å². The number of halogens is 1. The van der Waals surface area contributed by atoms with Crippen molar-refractivity contribution in [2.45, 2.75) is 53.4 Å². The third kappa shape index (κ3) is 6.23. The zero-order chi connectivity index (χ0) is 25.7. The molecule has 0 unspecified atom stereocenters. The number of nitrogens with zero attached hydrogens (tertiary/aromatic N) is 1. The van der Waals surface area contributed by atoms with E-state index < -0.39 is 17.5 Å². The second kappa shape index (κ2) is 11.1. The van der Waals surface area contributed by atoms with Crippen molar-refractivity contribution in [3.63, 3.8) is 0 Å². The van der Waals surface area contributed by atoms with Crippen molar-refractivity contribution in [3.05, 3.63) is 70.6 Å². The Labute approximate surface area is 205 Å². The number of hydrogen-bond donors (Lipinski definition) is 4. The molecular weight excluding hydrogens is 447 g/mol. The van der Waals surface area contributed by atoms with E-state index in [1.54, 1.807) is 0 Å². The maximum absolute atomic E-state index is 14.0. The molecule has 2 aromatic rings. The first-order valence-corrected chi connectivity index (χ1v) is 11.7. The third-order valence-corrected chi connectivity index (χ3v) is 5.97. The van der Waals surface area contributed by atoms with E-state index in [4.69, 9.17) is 0 Å². The van der Waals surface area contributed by atoms with Crippen molar-refractivity contribution in [2.75, 3.05) is 16.8 Å². The fourth-order valence-electron chi connectivity index (χ4n) is 3.96. The summed E-state index contributed by atoms with van der Waals surface area (Å²) in [6.45, 7) is 8.48. The number of anilines is 3. The molecule has 1 aliphatic heterocycles. The lowest BCUT2D eigenvalue weighted by Gasteiger charge is -2.22. The molecule has 1 amide bonds. The number of carbonyl (C=O) groups is 1. The Morgan fingerprint density at radius 1 is 0.943 bits per heavy atom. The summed E-state index contributed by atoms with van der Waals surface area (Å²) in [5, 5.41) is 33.5. The highest BCUT2D eigenvalue weighted by molar-refractivity contribution is 6.15. The molecule has 3 rings (SSSR count). The van der Waals surface area contributed by atoms with Gasteiger partial charge in [-0.15, -0.1) is 0 Å². The van der Waals surface area contributed by atoms with Gasteiger partial charge in [0.2, 0.25) is 0 Å². The minimum Gasteiger partial charge on any atom is -0.508 e. The Morgan fingerprint density at radius 3 is 2.29 bits per heavy atom. The largest absolute Gasteiger partial charge is 0.508 e. The number of rotatable bonds is 8. The number of aromatic hydroxyl groups is 3. The minimum absolute atomic E-state index is 0.0555. The Morgan fingerprint density at radius 2 is 1.60 bits per heavy atom. The number of fused-ring (bicyclic) bond motifs is 2. The fraction of sp³-hybridized carbons (Fsp3) is 0.321. The third-order valence-electron chi connectivity index (χ3n) is 5.97. The molecule has 1 aliphatic rings. The first-order chi connectivity index (χ1) is 16.6. The Bertz CT molecular complexity index is 1210. The lowest BCUT2D eigenvalue weighted by molar-refractivity contribution is 0.0990. The first kappa shape index (κ1) is 25.9. The van der Waals surface area contributed by atoms with Gasteiger partial charge in [-0.25, -0.2) is 4.39 Å².